The molecule has 0 saturated heterocycles. The normalized spacial score (nSPS) is 12.2. The predicted molar refractivity (Wildman–Crippen MR) is 98.4 cm³/mol. The quantitative estimate of drug-likeness (QED) is 0.387. The number of rotatable bonds is 0. The van der Waals surface area contributed by atoms with Crippen LogP contribution in [0.25, 0.3) is 54.6 Å². The van der Waals surface area contributed by atoms with Gasteiger partial charge in [-0.1, -0.05) is 42.5 Å². The van der Waals surface area contributed by atoms with Crippen LogP contribution < -0.4 is 0 Å². The van der Waals surface area contributed by atoms with Crippen LogP contribution in [-0.4, -0.2) is 9.97 Å². The van der Waals surface area contributed by atoms with Gasteiger partial charge in [0.25, 0.3) is 0 Å². The first-order valence-electron chi connectivity index (χ1n) is 8.00. The lowest BCUT2D eigenvalue weighted by atomic mass is 10.0. The summed E-state index contributed by atoms with van der Waals surface area (Å²) < 4.78 is 6.24. The number of furan rings is 1. The van der Waals surface area contributed by atoms with E-state index in [0.29, 0.717) is 0 Å². The van der Waals surface area contributed by atoms with Gasteiger partial charge in [0, 0.05) is 38.6 Å². The van der Waals surface area contributed by atoms with Crippen molar-refractivity contribution >= 4 is 54.6 Å². The number of benzene rings is 3. The maximum atomic E-state index is 6.24. The molecule has 6 rings (SSSR count). The summed E-state index contributed by atoms with van der Waals surface area (Å²) in [5, 5.41) is 5.71. The predicted octanol–water partition coefficient (Wildman–Crippen LogP) is 5.77. The van der Waals surface area contributed by atoms with E-state index in [4.69, 9.17) is 9.40 Å². The number of aromatic nitrogens is 2. The van der Waals surface area contributed by atoms with Crippen molar-refractivity contribution in [2.45, 2.75) is 0 Å². The highest BCUT2D eigenvalue weighted by atomic mass is 16.3. The van der Waals surface area contributed by atoms with Gasteiger partial charge in [-0.3, -0.25) is 4.98 Å². The number of nitrogens with zero attached hydrogens (tertiary/aromatic N) is 1. The van der Waals surface area contributed by atoms with Gasteiger partial charge in [0.15, 0.2) is 5.58 Å². The van der Waals surface area contributed by atoms with E-state index >= 15 is 0 Å². The second-order valence-electron chi connectivity index (χ2n) is 6.12. The van der Waals surface area contributed by atoms with Gasteiger partial charge in [0.1, 0.15) is 5.58 Å². The van der Waals surface area contributed by atoms with Gasteiger partial charge in [-0.05, 0) is 18.2 Å². The molecule has 0 bridgehead atoms. The molecule has 0 aliphatic heterocycles. The van der Waals surface area contributed by atoms with Crippen LogP contribution in [0.4, 0.5) is 0 Å². The highest BCUT2D eigenvalue weighted by Crippen LogP contribution is 2.42. The number of para-hydroxylation sites is 2. The summed E-state index contributed by atoms with van der Waals surface area (Å²) >= 11 is 0. The van der Waals surface area contributed by atoms with Crippen LogP contribution in [0.1, 0.15) is 0 Å². The van der Waals surface area contributed by atoms with Gasteiger partial charge >= 0.3 is 0 Å². The van der Waals surface area contributed by atoms with E-state index in [-0.39, 0.29) is 0 Å². The van der Waals surface area contributed by atoms with Gasteiger partial charge in [0.05, 0.1) is 11.0 Å². The molecule has 3 aromatic heterocycles. The van der Waals surface area contributed by atoms with E-state index < -0.39 is 0 Å². The van der Waals surface area contributed by atoms with Crippen molar-refractivity contribution in [3.63, 3.8) is 0 Å². The Kier molecular flexibility index (Phi) is 2.10. The second kappa shape index (κ2) is 4.15. The smallest absolute Gasteiger partial charge is 0.160 e. The lowest BCUT2D eigenvalue weighted by Crippen LogP contribution is -1.81. The Morgan fingerprint density at radius 1 is 0.750 bits per heavy atom. The van der Waals surface area contributed by atoms with Gasteiger partial charge in [-0.2, -0.15) is 0 Å². The van der Waals surface area contributed by atoms with Crippen molar-refractivity contribution in [1.82, 2.24) is 9.97 Å². The van der Waals surface area contributed by atoms with Gasteiger partial charge in [0.2, 0.25) is 0 Å². The van der Waals surface area contributed by atoms with E-state index in [2.05, 4.69) is 41.4 Å². The molecular formula is C21H12N2O. The molecule has 0 aliphatic rings. The monoisotopic (exact) mass is 308 g/mol. The van der Waals surface area contributed by atoms with Gasteiger partial charge in [-0.25, -0.2) is 0 Å². The molecule has 0 radical (unpaired) electrons. The Hall–Kier alpha value is -3.33. The Morgan fingerprint density at radius 2 is 1.54 bits per heavy atom. The maximum absolute atomic E-state index is 6.24. The summed E-state index contributed by atoms with van der Waals surface area (Å²) in [6.07, 6.45) is 1.86. The third-order valence-corrected chi connectivity index (χ3v) is 4.84. The van der Waals surface area contributed by atoms with Crippen molar-refractivity contribution in [2.75, 3.05) is 0 Å². The Morgan fingerprint density at radius 3 is 2.50 bits per heavy atom. The third-order valence-electron chi connectivity index (χ3n) is 4.84. The number of H-pyrrole nitrogens is 1. The molecule has 3 aromatic carbocycles. The molecule has 6 aromatic rings. The minimum Gasteiger partial charge on any atom is -0.454 e. The summed E-state index contributed by atoms with van der Waals surface area (Å²) in [5.41, 5.74) is 4.96. The minimum atomic E-state index is 0.905. The molecule has 0 amide bonds. The molecular weight excluding hydrogens is 296 g/mol. The molecule has 0 spiro atoms. The van der Waals surface area contributed by atoms with Crippen LogP contribution in [0.2, 0.25) is 0 Å². The summed E-state index contributed by atoms with van der Waals surface area (Å²) in [6.45, 7) is 0. The number of aromatic amines is 1. The average molecular weight is 308 g/mol. The Balaban J connectivity index is 2.07. The van der Waals surface area contributed by atoms with Crippen molar-refractivity contribution in [3.8, 4) is 0 Å². The molecule has 3 nitrogen and oxygen atoms in total. The third kappa shape index (κ3) is 1.35. The lowest BCUT2D eigenvalue weighted by molar-refractivity contribution is 0.672. The van der Waals surface area contributed by atoms with E-state index in [1.165, 1.54) is 5.39 Å². The zero-order valence-corrected chi connectivity index (χ0v) is 12.7. The highest BCUT2D eigenvalue weighted by molar-refractivity contribution is 6.33. The van der Waals surface area contributed by atoms with E-state index in [1.54, 1.807) is 0 Å². The standard InChI is InChI=1S/C21H12N2O/c1-3-9-15-12(6-1)18-19-14(8-5-11-22-19)17-13-7-2-4-10-16(13)24-21(17)20(18)23-15/h1-11,23H. The van der Waals surface area contributed by atoms with Crippen LogP contribution in [0.5, 0.6) is 0 Å². The molecule has 0 saturated carbocycles. The summed E-state index contributed by atoms with van der Waals surface area (Å²) in [4.78, 5) is 8.25. The lowest BCUT2D eigenvalue weighted by Gasteiger charge is -2.02. The second-order valence-corrected chi connectivity index (χ2v) is 6.12. The molecule has 3 heterocycles. The fraction of sp³-hybridized carbons (Fsp3) is 0. The molecule has 1 N–H and O–H groups in total. The molecule has 3 heteroatoms. The first-order chi connectivity index (χ1) is 11.9. The molecule has 0 unspecified atom stereocenters. The van der Waals surface area contributed by atoms with Gasteiger partial charge in [-0.15, -0.1) is 0 Å². The SMILES string of the molecule is c1ccc2c(c1)[nH]c1c3oc4ccccc4c3c3cccnc3c21. The number of fused-ring (bicyclic) bond motifs is 10. The number of nitrogens with one attached hydrogen (secondary N) is 1. The summed E-state index contributed by atoms with van der Waals surface area (Å²) in [5.74, 6) is 0. The zero-order valence-electron chi connectivity index (χ0n) is 12.7. The van der Waals surface area contributed by atoms with Crippen molar-refractivity contribution in [3.05, 3.63) is 66.9 Å². The maximum Gasteiger partial charge on any atom is 0.160 e. The van der Waals surface area contributed by atoms with E-state index in [0.717, 1.165) is 49.3 Å². The fourth-order valence-electron chi connectivity index (χ4n) is 3.85. The van der Waals surface area contributed by atoms with Crippen LogP contribution in [0.3, 0.4) is 0 Å². The number of hydrogen-bond acceptors (Lipinski definition) is 2. The van der Waals surface area contributed by atoms with Crippen molar-refractivity contribution < 1.29 is 4.42 Å². The van der Waals surface area contributed by atoms with Crippen LogP contribution in [0, 0.1) is 0 Å². The first-order valence-corrected chi connectivity index (χ1v) is 8.00. The van der Waals surface area contributed by atoms with Crippen molar-refractivity contribution in [1.29, 1.82) is 0 Å². The topological polar surface area (TPSA) is 41.8 Å². The average Bonchev–Trinajstić information content (AvgIpc) is 3.21. The van der Waals surface area contributed by atoms with Crippen LogP contribution >= 0.6 is 0 Å². The van der Waals surface area contributed by atoms with Crippen LogP contribution in [0.15, 0.2) is 71.3 Å². The number of hydrogen-bond donors (Lipinski definition) is 1. The van der Waals surface area contributed by atoms with Crippen LogP contribution in [-0.2, 0) is 0 Å². The Labute approximate surface area is 136 Å². The summed E-state index contributed by atoms with van der Waals surface area (Å²) in [6, 6.07) is 20.7. The van der Waals surface area contributed by atoms with E-state index in [1.807, 2.05) is 30.5 Å². The summed E-state index contributed by atoms with van der Waals surface area (Å²) in [7, 11) is 0. The molecule has 0 atom stereocenters. The molecule has 0 fully saturated rings. The van der Waals surface area contributed by atoms with E-state index in [9.17, 15) is 0 Å². The zero-order chi connectivity index (χ0) is 15.7. The minimum absolute atomic E-state index is 0.905. The largest absolute Gasteiger partial charge is 0.454 e. The fourth-order valence-corrected chi connectivity index (χ4v) is 3.85. The van der Waals surface area contributed by atoms with Gasteiger partial charge < -0.3 is 9.40 Å². The molecule has 24 heavy (non-hydrogen) atoms. The van der Waals surface area contributed by atoms with Crippen molar-refractivity contribution in [2.24, 2.45) is 0 Å². The Bertz CT molecular complexity index is 1300. The first kappa shape index (κ1) is 12.1. The molecule has 112 valence electrons. The molecule has 0 aliphatic carbocycles. The number of pyridine rings is 1. The highest BCUT2D eigenvalue weighted by Gasteiger charge is 2.19.